The van der Waals surface area contributed by atoms with Crippen LogP contribution in [0.3, 0.4) is 0 Å². The molecule has 0 aliphatic heterocycles. The van der Waals surface area contributed by atoms with Crippen LogP contribution in [0.25, 0.3) is 0 Å². The molecule has 0 amide bonds. The summed E-state index contributed by atoms with van der Waals surface area (Å²) in [4.78, 5) is 8.90. The second kappa shape index (κ2) is 6.95. The summed E-state index contributed by atoms with van der Waals surface area (Å²) in [5.41, 5.74) is 2.20. The SMILES string of the molecule is CCNc1cc(Nc2ccc(Br)cc2C)nc(SC)n1. The van der Waals surface area contributed by atoms with Gasteiger partial charge in [0.05, 0.1) is 0 Å². The van der Waals surface area contributed by atoms with Crippen LogP contribution in [-0.2, 0) is 0 Å². The molecular weight excluding hydrogens is 336 g/mol. The number of aromatic nitrogens is 2. The summed E-state index contributed by atoms with van der Waals surface area (Å²) < 4.78 is 1.07. The van der Waals surface area contributed by atoms with Crippen molar-refractivity contribution in [1.29, 1.82) is 0 Å². The number of thioether (sulfide) groups is 1. The molecule has 0 aliphatic rings. The second-order valence-electron chi connectivity index (χ2n) is 4.24. The summed E-state index contributed by atoms with van der Waals surface area (Å²) in [6.45, 7) is 4.95. The molecule has 20 heavy (non-hydrogen) atoms. The van der Waals surface area contributed by atoms with E-state index in [4.69, 9.17) is 0 Å². The highest BCUT2D eigenvalue weighted by Crippen LogP contribution is 2.25. The van der Waals surface area contributed by atoms with E-state index in [0.29, 0.717) is 0 Å². The van der Waals surface area contributed by atoms with Crippen LogP contribution < -0.4 is 10.6 Å². The van der Waals surface area contributed by atoms with Gasteiger partial charge < -0.3 is 10.6 Å². The van der Waals surface area contributed by atoms with Crippen LogP contribution in [0, 0.1) is 6.92 Å². The zero-order valence-electron chi connectivity index (χ0n) is 11.7. The number of benzene rings is 1. The van der Waals surface area contributed by atoms with Crippen molar-refractivity contribution in [3.8, 4) is 0 Å². The van der Waals surface area contributed by atoms with Gasteiger partial charge in [-0.15, -0.1) is 0 Å². The molecule has 1 aromatic heterocycles. The first-order valence-electron chi connectivity index (χ1n) is 6.32. The third kappa shape index (κ3) is 3.86. The van der Waals surface area contributed by atoms with Crippen molar-refractivity contribution in [3.63, 3.8) is 0 Å². The average Bonchev–Trinajstić information content (AvgIpc) is 2.42. The van der Waals surface area contributed by atoms with E-state index in [1.807, 2.05) is 31.4 Å². The number of anilines is 3. The molecule has 0 fully saturated rings. The van der Waals surface area contributed by atoms with Gasteiger partial charge >= 0.3 is 0 Å². The highest BCUT2D eigenvalue weighted by molar-refractivity contribution is 9.10. The molecule has 6 heteroatoms. The lowest BCUT2D eigenvalue weighted by Gasteiger charge is -2.11. The average molecular weight is 353 g/mol. The molecule has 2 N–H and O–H groups in total. The van der Waals surface area contributed by atoms with Crippen LogP contribution in [0.1, 0.15) is 12.5 Å². The van der Waals surface area contributed by atoms with Gasteiger partial charge in [0.25, 0.3) is 0 Å². The predicted octanol–water partition coefficient (Wildman–Crippen LogP) is 4.44. The van der Waals surface area contributed by atoms with Crippen LogP contribution in [-0.4, -0.2) is 22.8 Å². The fourth-order valence-corrected chi connectivity index (χ4v) is 2.61. The molecule has 1 heterocycles. The largest absolute Gasteiger partial charge is 0.370 e. The standard InChI is InChI=1S/C14H17BrN4S/c1-4-16-12-8-13(19-14(18-12)20-3)17-11-6-5-10(15)7-9(11)2/h5-8H,4H2,1-3H3,(H2,16,17,18,19). The zero-order valence-corrected chi connectivity index (χ0v) is 14.1. The zero-order chi connectivity index (χ0) is 14.5. The number of nitrogens with zero attached hydrogens (tertiary/aromatic N) is 2. The summed E-state index contributed by atoms with van der Waals surface area (Å²) in [6.07, 6.45) is 1.97. The molecule has 0 spiro atoms. The monoisotopic (exact) mass is 352 g/mol. The van der Waals surface area contributed by atoms with E-state index >= 15 is 0 Å². The smallest absolute Gasteiger partial charge is 0.191 e. The minimum Gasteiger partial charge on any atom is -0.370 e. The minimum absolute atomic E-state index is 0.751. The Morgan fingerprint density at radius 2 is 1.95 bits per heavy atom. The molecule has 0 unspecified atom stereocenters. The Bertz CT molecular complexity index is 604. The third-order valence-corrected chi connectivity index (χ3v) is 3.74. The van der Waals surface area contributed by atoms with Gasteiger partial charge in [-0.05, 0) is 43.9 Å². The lowest BCUT2D eigenvalue weighted by molar-refractivity contribution is 0.967. The quantitative estimate of drug-likeness (QED) is 0.615. The van der Waals surface area contributed by atoms with Crippen molar-refractivity contribution in [1.82, 2.24) is 9.97 Å². The molecular formula is C14H17BrN4S. The number of hydrogen-bond donors (Lipinski definition) is 2. The van der Waals surface area contributed by atoms with Gasteiger partial charge in [0.1, 0.15) is 11.6 Å². The van der Waals surface area contributed by atoms with Crippen LogP contribution in [0.2, 0.25) is 0 Å². The summed E-state index contributed by atoms with van der Waals surface area (Å²) in [5.74, 6) is 1.63. The second-order valence-corrected chi connectivity index (χ2v) is 5.93. The molecule has 0 radical (unpaired) electrons. The van der Waals surface area contributed by atoms with Gasteiger partial charge in [-0.25, -0.2) is 9.97 Å². The van der Waals surface area contributed by atoms with E-state index in [1.54, 1.807) is 0 Å². The van der Waals surface area contributed by atoms with E-state index in [2.05, 4.69) is 49.5 Å². The molecule has 0 saturated heterocycles. The Labute approximate surface area is 131 Å². The Hall–Kier alpha value is -1.27. The van der Waals surface area contributed by atoms with Crippen molar-refractivity contribution in [2.24, 2.45) is 0 Å². The maximum atomic E-state index is 4.48. The van der Waals surface area contributed by atoms with Gasteiger partial charge in [0.15, 0.2) is 5.16 Å². The number of nitrogens with one attached hydrogen (secondary N) is 2. The van der Waals surface area contributed by atoms with E-state index in [-0.39, 0.29) is 0 Å². The third-order valence-electron chi connectivity index (χ3n) is 2.70. The minimum atomic E-state index is 0.751. The van der Waals surface area contributed by atoms with E-state index in [9.17, 15) is 0 Å². The summed E-state index contributed by atoms with van der Waals surface area (Å²) >= 11 is 5.00. The number of rotatable bonds is 5. The van der Waals surface area contributed by atoms with E-state index in [0.717, 1.165) is 39.1 Å². The number of aryl methyl sites for hydroxylation is 1. The van der Waals surface area contributed by atoms with Crippen molar-refractivity contribution in [2.45, 2.75) is 19.0 Å². The van der Waals surface area contributed by atoms with Crippen LogP contribution >= 0.6 is 27.7 Å². The van der Waals surface area contributed by atoms with E-state index in [1.165, 1.54) is 11.8 Å². The molecule has 0 atom stereocenters. The van der Waals surface area contributed by atoms with Gasteiger partial charge in [-0.2, -0.15) is 0 Å². The van der Waals surface area contributed by atoms with Gasteiger partial charge in [-0.1, -0.05) is 27.7 Å². The van der Waals surface area contributed by atoms with E-state index < -0.39 is 0 Å². The lowest BCUT2D eigenvalue weighted by atomic mass is 10.2. The first-order valence-corrected chi connectivity index (χ1v) is 8.34. The van der Waals surface area contributed by atoms with Crippen LogP contribution in [0.4, 0.5) is 17.3 Å². The Balaban J connectivity index is 2.29. The lowest BCUT2D eigenvalue weighted by Crippen LogP contribution is -2.04. The van der Waals surface area contributed by atoms with Crippen LogP contribution in [0.15, 0.2) is 33.9 Å². The fourth-order valence-electron chi connectivity index (χ4n) is 1.76. The fraction of sp³-hybridized carbons (Fsp3) is 0.286. The molecule has 2 aromatic rings. The normalized spacial score (nSPS) is 10.4. The Morgan fingerprint density at radius 1 is 1.20 bits per heavy atom. The molecule has 0 saturated carbocycles. The highest BCUT2D eigenvalue weighted by Gasteiger charge is 2.05. The Kier molecular flexibility index (Phi) is 5.25. The first kappa shape index (κ1) is 15.1. The van der Waals surface area contributed by atoms with Crippen LogP contribution in [0.5, 0.6) is 0 Å². The molecule has 106 valence electrons. The maximum absolute atomic E-state index is 4.48. The van der Waals surface area contributed by atoms with Crippen molar-refractivity contribution in [2.75, 3.05) is 23.4 Å². The molecule has 0 bridgehead atoms. The highest BCUT2D eigenvalue weighted by atomic mass is 79.9. The molecule has 0 aliphatic carbocycles. The topological polar surface area (TPSA) is 49.8 Å². The van der Waals surface area contributed by atoms with Gasteiger partial charge in [0.2, 0.25) is 0 Å². The molecule has 1 aromatic carbocycles. The molecule has 2 rings (SSSR count). The van der Waals surface area contributed by atoms with Crippen molar-refractivity contribution < 1.29 is 0 Å². The van der Waals surface area contributed by atoms with Crippen molar-refractivity contribution in [3.05, 3.63) is 34.3 Å². The van der Waals surface area contributed by atoms with Gasteiger partial charge in [0, 0.05) is 22.8 Å². The van der Waals surface area contributed by atoms with Crippen molar-refractivity contribution >= 4 is 45.0 Å². The Morgan fingerprint density at radius 3 is 2.60 bits per heavy atom. The van der Waals surface area contributed by atoms with Gasteiger partial charge in [-0.3, -0.25) is 0 Å². The predicted molar refractivity (Wildman–Crippen MR) is 90.1 cm³/mol. The summed E-state index contributed by atoms with van der Waals surface area (Å²) in [6, 6.07) is 8.04. The first-order chi connectivity index (χ1) is 9.62. The summed E-state index contributed by atoms with van der Waals surface area (Å²) in [5, 5.41) is 7.32. The number of halogens is 1. The summed E-state index contributed by atoms with van der Waals surface area (Å²) in [7, 11) is 0. The molecule has 4 nitrogen and oxygen atoms in total. The number of hydrogen-bond acceptors (Lipinski definition) is 5. The maximum Gasteiger partial charge on any atom is 0.191 e.